The molecule has 1 aromatic heterocycles. The third-order valence-electron chi connectivity index (χ3n) is 5.83. The lowest BCUT2D eigenvalue weighted by molar-refractivity contribution is -0.274. The third kappa shape index (κ3) is 8.10. The molecule has 11 heteroatoms. The number of fused-ring (bicyclic) bond motifs is 1. The van der Waals surface area contributed by atoms with E-state index in [9.17, 15) is 23.1 Å². The van der Waals surface area contributed by atoms with E-state index in [4.69, 9.17) is 32.7 Å². The number of carboxylic acids is 1. The van der Waals surface area contributed by atoms with Gasteiger partial charge in [0.25, 0.3) is 0 Å². The molecule has 0 saturated carbocycles. The number of hydrogen-bond acceptors (Lipinski definition) is 4. The van der Waals surface area contributed by atoms with Gasteiger partial charge in [-0.2, -0.15) is 0 Å². The van der Waals surface area contributed by atoms with Crippen LogP contribution in [0.25, 0.3) is 10.9 Å². The van der Waals surface area contributed by atoms with E-state index in [1.807, 2.05) is 25.2 Å². The van der Waals surface area contributed by atoms with E-state index < -0.39 is 18.4 Å². The number of aliphatic carboxylic acids is 1. The first-order chi connectivity index (χ1) is 18.4. The fourth-order valence-corrected chi connectivity index (χ4v) is 4.19. The average molecular weight is 586 g/mol. The fourth-order valence-electron chi connectivity index (χ4n) is 3.91. The summed E-state index contributed by atoms with van der Waals surface area (Å²) in [6.07, 6.45) is 0.952. The van der Waals surface area contributed by atoms with Gasteiger partial charge in [0.2, 0.25) is 0 Å². The van der Waals surface area contributed by atoms with Crippen molar-refractivity contribution in [2.75, 3.05) is 5.88 Å². The summed E-state index contributed by atoms with van der Waals surface area (Å²) >= 11 is 11.9. The van der Waals surface area contributed by atoms with Crippen LogP contribution in [0.4, 0.5) is 13.2 Å². The molecule has 6 nitrogen and oxygen atoms in total. The number of hydrogen-bond donors (Lipinski definition) is 1. The molecule has 2 aromatic carbocycles. The highest BCUT2D eigenvalue weighted by molar-refractivity contribution is 6.32. The summed E-state index contributed by atoms with van der Waals surface area (Å²) in [4.78, 5) is 11.2. The van der Waals surface area contributed by atoms with Gasteiger partial charge in [-0.15, -0.1) is 24.8 Å². The van der Waals surface area contributed by atoms with Gasteiger partial charge in [0.1, 0.15) is 17.3 Å². The molecule has 1 heterocycles. The van der Waals surface area contributed by atoms with Gasteiger partial charge < -0.3 is 23.9 Å². The van der Waals surface area contributed by atoms with Crippen LogP contribution >= 0.6 is 23.2 Å². The number of nitrogens with zero attached hydrogens (tertiary/aromatic N) is 1. The molecular formula is C28H28Cl2F3NO5. The minimum absolute atomic E-state index is 0.178. The monoisotopic (exact) mass is 585 g/mol. The van der Waals surface area contributed by atoms with E-state index in [0.29, 0.717) is 52.4 Å². The van der Waals surface area contributed by atoms with Crippen molar-refractivity contribution in [3.8, 4) is 17.2 Å². The Morgan fingerprint density at radius 2 is 1.92 bits per heavy atom. The quantitative estimate of drug-likeness (QED) is 0.132. The second-order valence-electron chi connectivity index (χ2n) is 8.61. The molecule has 1 unspecified atom stereocenters. The Morgan fingerprint density at radius 1 is 1.18 bits per heavy atom. The second-order valence-corrected chi connectivity index (χ2v) is 9.33. The number of benzene rings is 2. The minimum Gasteiger partial charge on any atom is -0.479 e. The number of rotatable bonds is 12. The van der Waals surface area contributed by atoms with Crippen molar-refractivity contribution in [1.82, 2.24) is 4.57 Å². The number of carbonyl (C=O) groups is 1. The Kier molecular flexibility index (Phi) is 10.2. The van der Waals surface area contributed by atoms with Gasteiger partial charge >= 0.3 is 12.3 Å². The summed E-state index contributed by atoms with van der Waals surface area (Å²) in [7, 11) is 0. The molecule has 0 radical (unpaired) electrons. The number of ether oxygens (including phenoxy) is 3. The molecule has 1 atom stereocenters. The summed E-state index contributed by atoms with van der Waals surface area (Å²) in [5.41, 5.74) is 1.80. The van der Waals surface area contributed by atoms with Gasteiger partial charge in [0.15, 0.2) is 11.9 Å². The van der Waals surface area contributed by atoms with Crippen LogP contribution in [-0.2, 0) is 11.3 Å². The standard InChI is InChI=1S/C28H28Cl2F3NO5/c1-4-20(8-6-5-7-13-29)38-26-17(2)34(24-15-21(10-11-22(24)26)39-28(31,32)33)16-19-9-12-23(30)25(14-19)37-18(3)27(35)36/h4-5,7,9-12,14-15,18H,6,8,13,16H2,1-3H3,(H,35,36)/b7-5-,20-4+. The Hall–Kier alpha value is -3.30. The molecule has 0 spiro atoms. The Labute approximate surface area is 234 Å². The fraction of sp³-hybridized carbons (Fsp3) is 0.321. The number of carboxylic acid groups (broad SMARTS) is 1. The van der Waals surface area contributed by atoms with Crippen LogP contribution in [0.5, 0.6) is 17.2 Å². The van der Waals surface area contributed by atoms with Gasteiger partial charge in [-0.3, -0.25) is 0 Å². The maximum absolute atomic E-state index is 13.0. The Morgan fingerprint density at radius 3 is 2.56 bits per heavy atom. The first-order valence-corrected chi connectivity index (χ1v) is 12.9. The van der Waals surface area contributed by atoms with Crippen molar-refractivity contribution < 1.29 is 37.3 Å². The molecule has 0 saturated heterocycles. The Bertz CT molecular complexity index is 1380. The smallest absolute Gasteiger partial charge is 0.479 e. The van der Waals surface area contributed by atoms with Crippen molar-refractivity contribution in [1.29, 1.82) is 0 Å². The first kappa shape index (κ1) is 30.2. The SMILES string of the molecule is C/C=C(\CC/C=C\CCl)Oc1c(C)n(Cc2ccc(Cl)c(OC(C)C(=O)O)c2)c2cc(OC(F)(F)F)ccc12. The molecule has 0 aliphatic heterocycles. The highest BCUT2D eigenvalue weighted by atomic mass is 35.5. The first-order valence-electron chi connectivity index (χ1n) is 12.0. The summed E-state index contributed by atoms with van der Waals surface area (Å²) in [5, 5.41) is 10.0. The van der Waals surface area contributed by atoms with E-state index in [-0.39, 0.29) is 23.1 Å². The van der Waals surface area contributed by atoms with E-state index in [2.05, 4.69) is 4.74 Å². The van der Waals surface area contributed by atoms with Crippen LogP contribution in [0.3, 0.4) is 0 Å². The molecule has 3 aromatic rings. The molecule has 1 N–H and O–H groups in total. The average Bonchev–Trinajstić information content (AvgIpc) is 3.11. The van der Waals surface area contributed by atoms with E-state index in [0.717, 1.165) is 0 Å². The summed E-state index contributed by atoms with van der Waals surface area (Å²) in [6, 6.07) is 8.98. The van der Waals surface area contributed by atoms with E-state index in [1.54, 1.807) is 29.7 Å². The maximum atomic E-state index is 13.0. The van der Waals surface area contributed by atoms with Gasteiger partial charge in [-0.05, 0) is 63.1 Å². The predicted molar refractivity (Wildman–Crippen MR) is 145 cm³/mol. The van der Waals surface area contributed by atoms with Crippen molar-refractivity contribution >= 4 is 40.1 Å². The predicted octanol–water partition coefficient (Wildman–Crippen LogP) is 8.26. The molecular weight excluding hydrogens is 558 g/mol. The third-order valence-corrected chi connectivity index (χ3v) is 6.32. The minimum atomic E-state index is -4.85. The highest BCUT2D eigenvalue weighted by Crippen LogP contribution is 2.38. The van der Waals surface area contributed by atoms with Crippen molar-refractivity contribution in [2.24, 2.45) is 0 Å². The summed E-state index contributed by atoms with van der Waals surface area (Å²) in [6.45, 7) is 5.24. The molecule has 3 rings (SSSR count). The van der Waals surface area contributed by atoms with Crippen LogP contribution in [-0.4, -0.2) is 34.0 Å². The molecule has 0 bridgehead atoms. The molecule has 39 heavy (non-hydrogen) atoms. The van der Waals surface area contributed by atoms with Gasteiger partial charge in [-0.25, -0.2) is 4.79 Å². The van der Waals surface area contributed by atoms with Crippen molar-refractivity contribution in [3.05, 3.63) is 76.7 Å². The number of aromatic nitrogens is 1. The maximum Gasteiger partial charge on any atom is 0.573 e. The molecule has 0 aliphatic carbocycles. The summed E-state index contributed by atoms with van der Waals surface area (Å²) in [5.74, 6) is 0.263. The molecule has 210 valence electrons. The Balaban J connectivity index is 2.05. The lowest BCUT2D eigenvalue weighted by Crippen LogP contribution is -2.23. The van der Waals surface area contributed by atoms with Gasteiger partial charge in [-0.1, -0.05) is 29.8 Å². The normalized spacial score (nSPS) is 13.2. The van der Waals surface area contributed by atoms with Crippen LogP contribution in [0.2, 0.25) is 5.02 Å². The van der Waals surface area contributed by atoms with Crippen LogP contribution in [0, 0.1) is 6.92 Å². The highest BCUT2D eigenvalue weighted by Gasteiger charge is 2.31. The zero-order valence-corrected chi connectivity index (χ0v) is 23.0. The lowest BCUT2D eigenvalue weighted by Gasteiger charge is -2.15. The zero-order chi connectivity index (χ0) is 28.7. The molecule has 0 amide bonds. The molecule has 0 aliphatic rings. The topological polar surface area (TPSA) is 69.9 Å². The lowest BCUT2D eigenvalue weighted by atomic mass is 10.2. The van der Waals surface area contributed by atoms with Crippen molar-refractivity contribution in [2.45, 2.75) is 52.6 Å². The van der Waals surface area contributed by atoms with Crippen LogP contribution in [0.1, 0.15) is 37.9 Å². The summed E-state index contributed by atoms with van der Waals surface area (Å²) < 4.78 is 56.6. The van der Waals surface area contributed by atoms with E-state index >= 15 is 0 Å². The number of alkyl halides is 4. The number of halogens is 5. The van der Waals surface area contributed by atoms with Gasteiger partial charge in [0, 0.05) is 30.3 Å². The number of allylic oxidation sites excluding steroid dienone is 4. The van der Waals surface area contributed by atoms with Gasteiger partial charge in [0.05, 0.1) is 16.2 Å². The van der Waals surface area contributed by atoms with Crippen LogP contribution in [0.15, 0.2) is 60.4 Å². The zero-order valence-electron chi connectivity index (χ0n) is 21.5. The van der Waals surface area contributed by atoms with Crippen molar-refractivity contribution in [3.63, 3.8) is 0 Å². The largest absolute Gasteiger partial charge is 0.573 e. The molecule has 0 fully saturated rings. The van der Waals surface area contributed by atoms with Crippen LogP contribution < -0.4 is 14.2 Å². The second kappa shape index (κ2) is 13.2. The van der Waals surface area contributed by atoms with E-state index in [1.165, 1.54) is 25.1 Å².